The van der Waals surface area contributed by atoms with Gasteiger partial charge in [-0.2, -0.15) is 5.10 Å². The highest BCUT2D eigenvalue weighted by Crippen LogP contribution is 2.08. The zero-order valence-corrected chi connectivity index (χ0v) is 19.2. The van der Waals surface area contributed by atoms with Crippen molar-refractivity contribution in [3.63, 3.8) is 0 Å². The Kier molecular flexibility index (Phi) is 9.30. The first-order valence-electron chi connectivity index (χ1n) is 10.7. The average Bonchev–Trinajstić information content (AvgIpc) is 3.26. The number of carbonyl (C=O) groups is 1. The van der Waals surface area contributed by atoms with E-state index in [1.165, 1.54) is 0 Å². The second-order valence-electron chi connectivity index (χ2n) is 8.26. The van der Waals surface area contributed by atoms with Gasteiger partial charge < -0.3 is 20.7 Å². The smallest absolute Gasteiger partial charge is 0.407 e. The van der Waals surface area contributed by atoms with Crippen LogP contribution in [-0.2, 0) is 11.3 Å². The SMILES string of the molecule is CCCCC(CNC(=O)OC(C)(C)C)NC(=NC)NCc1ccnc(-n2cccn2)c1. The fraction of sp³-hybridized carbons (Fsp3) is 0.545. The molecule has 0 aliphatic heterocycles. The molecule has 3 N–H and O–H groups in total. The number of aliphatic imine (C=N–C) groups is 1. The fourth-order valence-electron chi connectivity index (χ4n) is 2.87. The van der Waals surface area contributed by atoms with E-state index in [-0.39, 0.29) is 6.04 Å². The lowest BCUT2D eigenvalue weighted by atomic mass is 10.1. The summed E-state index contributed by atoms with van der Waals surface area (Å²) in [5.74, 6) is 1.43. The summed E-state index contributed by atoms with van der Waals surface area (Å²) in [5, 5.41) is 13.8. The van der Waals surface area contributed by atoms with E-state index in [9.17, 15) is 4.79 Å². The molecule has 0 saturated heterocycles. The van der Waals surface area contributed by atoms with E-state index in [0.717, 1.165) is 30.6 Å². The highest BCUT2D eigenvalue weighted by molar-refractivity contribution is 5.80. The number of amides is 1. The highest BCUT2D eigenvalue weighted by atomic mass is 16.6. The molecule has 0 bridgehead atoms. The van der Waals surface area contributed by atoms with Crippen molar-refractivity contribution in [3.05, 3.63) is 42.4 Å². The molecule has 2 aromatic heterocycles. The molecule has 170 valence electrons. The minimum atomic E-state index is -0.520. The fourth-order valence-corrected chi connectivity index (χ4v) is 2.87. The molecule has 1 atom stereocenters. The maximum Gasteiger partial charge on any atom is 0.407 e. The van der Waals surface area contributed by atoms with Gasteiger partial charge >= 0.3 is 6.09 Å². The summed E-state index contributed by atoms with van der Waals surface area (Å²) < 4.78 is 7.06. The van der Waals surface area contributed by atoms with Crippen molar-refractivity contribution in [2.75, 3.05) is 13.6 Å². The van der Waals surface area contributed by atoms with Gasteiger partial charge in [0.05, 0.1) is 0 Å². The number of nitrogens with one attached hydrogen (secondary N) is 3. The molecule has 1 amide bonds. The number of pyridine rings is 1. The molecule has 0 aromatic carbocycles. The van der Waals surface area contributed by atoms with Gasteiger partial charge in [-0.25, -0.2) is 14.5 Å². The largest absolute Gasteiger partial charge is 0.444 e. The van der Waals surface area contributed by atoms with Gasteiger partial charge in [0.25, 0.3) is 0 Å². The number of alkyl carbamates (subject to hydrolysis) is 1. The molecule has 2 heterocycles. The van der Waals surface area contributed by atoms with Crippen LogP contribution in [0.15, 0.2) is 41.8 Å². The molecule has 2 rings (SSSR count). The predicted octanol–water partition coefficient (Wildman–Crippen LogP) is 3.02. The van der Waals surface area contributed by atoms with Crippen molar-refractivity contribution in [1.29, 1.82) is 0 Å². The Bertz CT molecular complexity index is 829. The van der Waals surface area contributed by atoms with Crippen molar-refractivity contribution in [2.24, 2.45) is 4.99 Å². The normalized spacial score (nSPS) is 12.9. The van der Waals surface area contributed by atoms with Gasteiger partial charge in [-0.3, -0.25) is 4.99 Å². The van der Waals surface area contributed by atoms with E-state index in [1.807, 2.05) is 45.2 Å². The van der Waals surface area contributed by atoms with Crippen molar-refractivity contribution < 1.29 is 9.53 Å². The number of unbranched alkanes of at least 4 members (excludes halogenated alkanes) is 1. The van der Waals surface area contributed by atoms with Crippen molar-refractivity contribution in [1.82, 2.24) is 30.7 Å². The molecular weight excluding hydrogens is 394 g/mol. The second-order valence-corrected chi connectivity index (χ2v) is 8.26. The van der Waals surface area contributed by atoms with Crippen molar-refractivity contribution in [2.45, 2.75) is 65.1 Å². The summed E-state index contributed by atoms with van der Waals surface area (Å²) >= 11 is 0. The van der Waals surface area contributed by atoms with Crippen LogP contribution in [-0.4, -0.2) is 52.1 Å². The zero-order valence-electron chi connectivity index (χ0n) is 19.2. The van der Waals surface area contributed by atoms with Crippen LogP contribution in [0.1, 0.15) is 52.5 Å². The lowest BCUT2D eigenvalue weighted by Gasteiger charge is -2.24. The van der Waals surface area contributed by atoms with Crippen LogP contribution < -0.4 is 16.0 Å². The quantitative estimate of drug-likeness (QED) is 0.418. The molecule has 0 aliphatic rings. The summed E-state index contributed by atoms with van der Waals surface area (Å²) in [7, 11) is 1.73. The predicted molar refractivity (Wildman–Crippen MR) is 122 cm³/mol. The first-order chi connectivity index (χ1) is 14.8. The number of ether oxygens (including phenoxy) is 1. The van der Waals surface area contributed by atoms with Crippen LogP contribution >= 0.6 is 0 Å². The van der Waals surface area contributed by atoms with Gasteiger partial charge in [0, 0.05) is 44.8 Å². The molecule has 0 radical (unpaired) electrons. The minimum absolute atomic E-state index is 0.0377. The van der Waals surface area contributed by atoms with E-state index >= 15 is 0 Å². The Hall–Kier alpha value is -3.10. The molecule has 31 heavy (non-hydrogen) atoms. The van der Waals surface area contributed by atoms with Gasteiger partial charge in [0.1, 0.15) is 5.60 Å². The lowest BCUT2D eigenvalue weighted by molar-refractivity contribution is 0.0523. The Morgan fingerprint density at radius 2 is 2.10 bits per heavy atom. The van der Waals surface area contributed by atoms with Gasteiger partial charge in [-0.05, 0) is 51.0 Å². The first kappa shape index (κ1) is 24.2. The summed E-state index contributed by atoms with van der Waals surface area (Å²) in [5.41, 5.74) is 0.536. The lowest BCUT2D eigenvalue weighted by Crippen LogP contribution is -2.48. The first-order valence-corrected chi connectivity index (χ1v) is 10.7. The molecule has 0 fully saturated rings. The molecule has 1 unspecified atom stereocenters. The monoisotopic (exact) mass is 429 g/mol. The number of guanidine groups is 1. The number of carbonyl (C=O) groups excluding carboxylic acids is 1. The molecule has 0 spiro atoms. The Balaban J connectivity index is 1.92. The number of aromatic nitrogens is 3. The number of rotatable bonds is 9. The van der Waals surface area contributed by atoms with E-state index in [2.05, 4.69) is 37.9 Å². The third-order valence-corrected chi connectivity index (χ3v) is 4.37. The number of nitrogens with zero attached hydrogens (tertiary/aromatic N) is 4. The standard InChI is InChI=1S/C22H35N7O2/c1-6-7-9-18(16-26-21(30)31-22(2,3)4)28-20(23-5)25-15-17-10-12-24-19(14-17)29-13-8-11-27-29/h8,10-14,18H,6-7,9,15-16H2,1-5H3,(H,26,30)(H2,23,25,28). The molecule has 9 nitrogen and oxygen atoms in total. The van der Waals surface area contributed by atoms with Crippen LogP contribution in [0.2, 0.25) is 0 Å². The molecule has 9 heteroatoms. The summed E-state index contributed by atoms with van der Waals surface area (Å²) in [6.07, 6.45) is 7.95. The van der Waals surface area contributed by atoms with Crippen molar-refractivity contribution in [3.8, 4) is 5.82 Å². The van der Waals surface area contributed by atoms with Crippen LogP contribution in [0, 0.1) is 0 Å². The third-order valence-electron chi connectivity index (χ3n) is 4.37. The van der Waals surface area contributed by atoms with E-state index in [0.29, 0.717) is 19.0 Å². The molecule has 2 aromatic rings. The molecule has 0 saturated carbocycles. The molecular formula is C22H35N7O2. The van der Waals surface area contributed by atoms with Crippen LogP contribution in [0.3, 0.4) is 0 Å². The van der Waals surface area contributed by atoms with Gasteiger partial charge in [-0.1, -0.05) is 19.8 Å². The van der Waals surface area contributed by atoms with E-state index in [1.54, 1.807) is 24.1 Å². The maximum absolute atomic E-state index is 12.0. The van der Waals surface area contributed by atoms with Crippen LogP contribution in [0.25, 0.3) is 5.82 Å². The van der Waals surface area contributed by atoms with Crippen molar-refractivity contribution >= 4 is 12.1 Å². The summed E-state index contributed by atoms with van der Waals surface area (Å²) in [6.45, 7) is 8.73. The number of hydrogen-bond acceptors (Lipinski definition) is 5. The van der Waals surface area contributed by atoms with Crippen LogP contribution in [0.4, 0.5) is 4.79 Å². The maximum atomic E-state index is 12.0. The zero-order chi connectivity index (χ0) is 22.7. The number of hydrogen-bond donors (Lipinski definition) is 3. The van der Waals surface area contributed by atoms with Crippen LogP contribution in [0.5, 0.6) is 0 Å². The Morgan fingerprint density at radius 3 is 2.74 bits per heavy atom. The van der Waals surface area contributed by atoms with Gasteiger partial charge in [0.15, 0.2) is 11.8 Å². The van der Waals surface area contributed by atoms with Gasteiger partial charge in [-0.15, -0.1) is 0 Å². The third kappa shape index (κ3) is 9.06. The highest BCUT2D eigenvalue weighted by Gasteiger charge is 2.18. The van der Waals surface area contributed by atoms with E-state index < -0.39 is 11.7 Å². The van der Waals surface area contributed by atoms with E-state index in [4.69, 9.17) is 4.74 Å². The molecule has 0 aliphatic carbocycles. The summed E-state index contributed by atoms with van der Waals surface area (Å²) in [6, 6.07) is 5.83. The topological polar surface area (TPSA) is 105 Å². The van der Waals surface area contributed by atoms with Gasteiger partial charge in [0.2, 0.25) is 0 Å². The Labute approximate surface area is 184 Å². The average molecular weight is 430 g/mol. The second kappa shape index (κ2) is 11.9. The minimum Gasteiger partial charge on any atom is -0.444 e. The Morgan fingerprint density at radius 1 is 1.29 bits per heavy atom. The summed E-state index contributed by atoms with van der Waals surface area (Å²) in [4.78, 5) is 20.7.